The van der Waals surface area contributed by atoms with E-state index >= 15 is 0 Å². The van der Waals surface area contributed by atoms with Gasteiger partial charge in [-0.25, -0.2) is 8.93 Å². The molecule has 1 fully saturated rings. The maximum atomic E-state index is 12.6. The molecule has 0 bridgehead atoms. The molecule has 1 aromatic rings. The predicted octanol–water partition coefficient (Wildman–Crippen LogP) is 2.82. The fraction of sp³-hybridized carbons (Fsp3) is 0.706. The Hall–Kier alpha value is -0.780. The van der Waals surface area contributed by atoms with Crippen molar-refractivity contribution in [2.45, 2.75) is 51.3 Å². The zero-order chi connectivity index (χ0) is 16.3. The number of hydrogen-bond donors (Lipinski definition) is 1. The quantitative estimate of drug-likeness (QED) is 0.927. The summed E-state index contributed by atoms with van der Waals surface area (Å²) < 4.78 is 15.7. The van der Waals surface area contributed by atoms with E-state index in [-0.39, 0.29) is 10.8 Å². The molecule has 0 aromatic carbocycles. The third-order valence-electron chi connectivity index (χ3n) is 4.28. The van der Waals surface area contributed by atoms with Gasteiger partial charge >= 0.3 is 0 Å². The highest BCUT2D eigenvalue weighted by atomic mass is 32.2. The summed E-state index contributed by atoms with van der Waals surface area (Å²) in [5.41, 5.74) is 2.17. The Kier molecular flexibility index (Phi) is 5.75. The second-order valence-corrected chi connectivity index (χ2v) is 9.38. The van der Waals surface area contributed by atoms with Crippen LogP contribution in [0.1, 0.15) is 50.9 Å². The van der Waals surface area contributed by atoms with E-state index in [1.165, 1.54) is 0 Å². The standard InChI is InChI=1S/C17H29N3OS/c1-13-6-7-15(18-12-13)16(19-22(21)17(2,3)4)14-8-10-20(5)11-9-14/h6-7,12,14,16,19H,8-11H2,1-5H3/t16-,22?/m1/s1. The number of nitrogens with zero attached hydrogens (tertiary/aromatic N) is 2. The first-order chi connectivity index (χ1) is 10.3. The van der Waals surface area contributed by atoms with Gasteiger partial charge < -0.3 is 4.90 Å². The van der Waals surface area contributed by atoms with Crippen LogP contribution >= 0.6 is 0 Å². The first-order valence-corrected chi connectivity index (χ1v) is 9.21. The Labute approximate surface area is 137 Å². The van der Waals surface area contributed by atoms with Crippen molar-refractivity contribution in [3.05, 3.63) is 29.6 Å². The summed E-state index contributed by atoms with van der Waals surface area (Å²) in [6.45, 7) is 10.2. The molecule has 2 atom stereocenters. The van der Waals surface area contributed by atoms with E-state index in [0.717, 1.165) is 37.2 Å². The van der Waals surface area contributed by atoms with E-state index in [1.54, 1.807) is 0 Å². The lowest BCUT2D eigenvalue weighted by Gasteiger charge is -2.35. The molecule has 0 radical (unpaired) electrons. The Bertz CT molecular complexity index is 502. The smallest absolute Gasteiger partial charge is 0.0976 e. The Morgan fingerprint density at radius 3 is 2.45 bits per heavy atom. The zero-order valence-electron chi connectivity index (χ0n) is 14.4. The van der Waals surface area contributed by atoms with E-state index < -0.39 is 11.0 Å². The minimum Gasteiger partial charge on any atom is -0.306 e. The summed E-state index contributed by atoms with van der Waals surface area (Å²) in [5.74, 6) is 0.484. The van der Waals surface area contributed by atoms with Gasteiger partial charge in [0.1, 0.15) is 0 Å². The highest BCUT2D eigenvalue weighted by molar-refractivity contribution is 7.84. The van der Waals surface area contributed by atoms with Crippen LogP contribution in [-0.4, -0.2) is 39.0 Å². The highest BCUT2D eigenvalue weighted by Crippen LogP contribution is 2.31. The third-order valence-corrected chi connectivity index (χ3v) is 5.86. The lowest BCUT2D eigenvalue weighted by Crippen LogP contribution is -2.42. The van der Waals surface area contributed by atoms with Crippen LogP contribution in [0.5, 0.6) is 0 Å². The van der Waals surface area contributed by atoms with Crippen molar-refractivity contribution in [2.24, 2.45) is 5.92 Å². The summed E-state index contributed by atoms with van der Waals surface area (Å²) in [4.78, 5) is 6.96. The second-order valence-electron chi connectivity index (χ2n) is 7.38. The van der Waals surface area contributed by atoms with Gasteiger partial charge in [0, 0.05) is 6.20 Å². The minimum absolute atomic E-state index is 0.0642. The summed E-state index contributed by atoms with van der Waals surface area (Å²) in [7, 11) is 1.08. The van der Waals surface area contributed by atoms with E-state index in [4.69, 9.17) is 0 Å². The molecule has 4 nitrogen and oxygen atoms in total. The molecule has 124 valence electrons. The Morgan fingerprint density at radius 1 is 1.32 bits per heavy atom. The van der Waals surface area contributed by atoms with Crippen molar-refractivity contribution in [1.82, 2.24) is 14.6 Å². The average molecular weight is 324 g/mol. The number of hydrogen-bond acceptors (Lipinski definition) is 3. The van der Waals surface area contributed by atoms with Crippen molar-refractivity contribution in [3.63, 3.8) is 0 Å². The second kappa shape index (κ2) is 7.20. The minimum atomic E-state index is -1.09. The number of nitrogens with one attached hydrogen (secondary N) is 1. The molecule has 1 N–H and O–H groups in total. The molecule has 0 saturated carbocycles. The molecular weight excluding hydrogens is 294 g/mol. The summed E-state index contributed by atoms with van der Waals surface area (Å²) in [6, 6.07) is 4.23. The lowest BCUT2D eigenvalue weighted by molar-refractivity contribution is 0.192. The molecule has 1 aliphatic heterocycles. The molecule has 22 heavy (non-hydrogen) atoms. The van der Waals surface area contributed by atoms with Gasteiger partial charge in [-0.1, -0.05) is 6.07 Å². The predicted molar refractivity (Wildman–Crippen MR) is 93.0 cm³/mol. The monoisotopic (exact) mass is 323 g/mol. The topological polar surface area (TPSA) is 45.2 Å². The Balaban J connectivity index is 2.20. The Morgan fingerprint density at radius 2 is 1.95 bits per heavy atom. The van der Waals surface area contributed by atoms with Crippen LogP contribution in [0.4, 0.5) is 0 Å². The molecular formula is C17H29N3OS. The number of aromatic nitrogens is 1. The van der Waals surface area contributed by atoms with Gasteiger partial charge in [-0.05, 0) is 78.2 Å². The zero-order valence-corrected chi connectivity index (χ0v) is 15.2. The number of likely N-dealkylation sites (tertiary alicyclic amines) is 1. The van der Waals surface area contributed by atoms with Gasteiger partial charge in [0.05, 0.1) is 27.5 Å². The van der Waals surface area contributed by atoms with Crippen molar-refractivity contribution >= 4 is 11.0 Å². The normalized spacial score (nSPS) is 20.8. The molecule has 1 saturated heterocycles. The van der Waals surface area contributed by atoms with Gasteiger partial charge in [0.25, 0.3) is 0 Å². The highest BCUT2D eigenvalue weighted by Gasteiger charge is 2.31. The van der Waals surface area contributed by atoms with Gasteiger partial charge in [0.15, 0.2) is 0 Å². The fourth-order valence-corrected chi connectivity index (χ4v) is 3.61. The SMILES string of the molecule is Cc1ccc([C@H](NS(=O)C(C)(C)C)C2CCN(C)CC2)nc1. The summed E-state index contributed by atoms with van der Waals surface area (Å²) >= 11 is 0. The largest absolute Gasteiger partial charge is 0.306 e. The molecule has 2 heterocycles. The van der Waals surface area contributed by atoms with Crippen LogP contribution in [0.25, 0.3) is 0 Å². The van der Waals surface area contributed by atoms with Crippen LogP contribution < -0.4 is 4.72 Å². The average Bonchev–Trinajstić information content (AvgIpc) is 2.46. The molecule has 1 unspecified atom stereocenters. The van der Waals surface area contributed by atoms with Crippen molar-refractivity contribution in [3.8, 4) is 0 Å². The molecule has 0 amide bonds. The first kappa shape index (κ1) is 17.6. The molecule has 0 spiro atoms. The van der Waals surface area contributed by atoms with Crippen LogP contribution in [0.3, 0.4) is 0 Å². The van der Waals surface area contributed by atoms with Crippen LogP contribution in [0, 0.1) is 12.8 Å². The third kappa shape index (κ3) is 4.61. The number of piperidine rings is 1. The van der Waals surface area contributed by atoms with Crippen LogP contribution in [-0.2, 0) is 11.0 Å². The molecule has 0 aliphatic carbocycles. The lowest BCUT2D eigenvalue weighted by atomic mass is 9.88. The van der Waals surface area contributed by atoms with Gasteiger partial charge in [0.2, 0.25) is 0 Å². The summed E-state index contributed by atoms with van der Waals surface area (Å²) in [6.07, 6.45) is 4.13. The van der Waals surface area contributed by atoms with Gasteiger partial charge in [-0.2, -0.15) is 0 Å². The van der Waals surface area contributed by atoms with Crippen molar-refractivity contribution in [2.75, 3.05) is 20.1 Å². The first-order valence-electron chi connectivity index (χ1n) is 8.06. The van der Waals surface area contributed by atoms with E-state index in [9.17, 15) is 4.21 Å². The molecule has 1 aromatic heterocycles. The number of rotatable bonds is 4. The van der Waals surface area contributed by atoms with E-state index in [2.05, 4.69) is 33.8 Å². The van der Waals surface area contributed by atoms with Gasteiger partial charge in [-0.3, -0.25) is 4.98 Å². The van der Waals surface area contributed by atoms with Crippen molar-refractivity contribution < 1.29 is 4.21 Å². The number of aryl methyl sites for hydroxylation is 1. The van der Waals surface area contributed by atoms with Crippen LogP contribution in [0.2, 0.25) is 0 Å². The molecule has 2 rings (SSSR count). The van der Waals surface area contributed by atoms with Gasteiger partial charge in [-0.15, -0.1) is 0 Å². The van der Waals surface area contributed by atoms with Crippen LogP contribution in [0.15, 0.2) is 18.3 Å². The van der Waals surface area contributed by atoms with Crippen molar-refractivity contribution in [1.29, 1.82) is 0 Å². The summed E-state index contributed by atoms with van der Waals surface area (Å²) in [5, 5.41) is 0. The maximum absolute atomic E-state index is 12.6. The molecule has 1 aliphatic rings. The number of pyridine rings is 1. The molecule has 5 heteroatoms. The fourth-order valence-electron chi connectivity index (χ4n) is 2.72. The van der Waals surface area contributed by atoms with E-state index in [1.807, 2.05) is 33.9 Å². The van der Waals surface area contributed by atoms with E-state index in [0.29, 0.717) is 5.92 Å². The maximum Gasteiger partial charge on any atom is 0.0976 e.